The molecule has 2 aliphatic rings. The molecular weight excluding hydrogens is 238 g/mol. The summed E-state index contributed by atoms with van der Waals surface area (Å²) in [5, 5.41) is 6.24. The fourth-order valence-electron chi connectivity index (χ4n) is 4.01. The Morgan fingerprint density at radius 1 is 1.33 bits per heavy atom. The summed E-state index contributed by atoms with van der Waals surface area (Å²) in [6.45, 7) is 7.11. The van der Waals surface area contributed by atoms with E-state index in [1.165, 1.54) is 32.1 Å². The summed E-state index contributed by atoms with van der Waals surface area (Å²) in [6.07, 6.45) is 6.69. The zero-order chi connectivity index (χ0) is 12.8. The van der Waals surface area contributed by atoms with Crippen LogP contribution in [0.15, 0.2) is 11.4 Å². The third kappa shape index (κ3) is 2.04. The fourth-order valence-corrected chi connectivity index (χ4v) is 5.17. The van der Waals surface area contributed by atoms with Gasteiger partial charge in [0.2, 0.25) is 0 Å². The highest BCUT2D eigenvalue weighted by molar-refractivity contribution is 7.10. The second-order valence-corrected chi connectivity index (χ2v) is 7.60. The lowest BCUT2D eigenvalue weighted by molar-refractivity contribution is 0.143. The summed E-state index contributed by atoms with van der Waals surface area (Å²) in [6, 6.07) is 3.00. The van der Waals surface area contributed by atoms with E-state index >= 15 is 0 Å². The monoisotopic (exact) mass is 263 g/mol. The van der Waals surface area contributed by atoms with Crippen LogP contribution in [0.4, 0.5) is 0 Å². The van der Waals surface area contributed by atoms with E-state index < -0.39 is 0 Å². The van der Waals surface area contributed by atoms with Gasteiger partial charge in [-0.2, -0.15) is 0 Å². The number of hydrogen-bond acceptors (Lipinski definition) is 2. The van der Waals surface area contributed by atoms with Gasteiger partial charge in [-0.1, -0.05) is 13.8 Å². The smallest absolute Gasteiger partial charge is 0.0533 e. The standard InChI is InChI=1S/C16H25NS/c1-11(2)13-4-7-16(8-5-13)15-14(6-9-18-15)10-12(3)17-16/h6,9,11-13,17H,4-5,7-8,10H2,1-3H3/t12-,13?,16?/m1/s1. The highest BCUT2D eigenvalue weighted by Gasteiger charge is 2.42. The van der Waals surface area contributed by atoms with E-state index in [4.69, 9.17) is 0 Å². The van der Waals surface area contributed by atoms with Crippen LogP contribution in [0.25, 0.3) is 0 Å². The minimum Gasteiger partial charge on any atom is -0.304 e. The Labute approximate surface area is 115 Å². The van der Waals surface area contributed by atoms with Crippen molar-refractivity contribution in [1.82, 2.24) is 5.32 Å². The predicted molar refractivity (Wildman–Crippen MR) is 79.1 cm³/mol. The molecule has 1 spiro atoms. The quantitative estimate of drug-likeness (QED) is 0.795. The SMILES string of the molecule is CC(C)C1CCC2(CC1)N[C@H](C)Cc1ccsc12. The van der Waals surface area contributed by atoms with Crippen molar-refractivity contribution in [3.63, 3.8) is 0 Å². The molecule has 1 aliphatic carbocycles. The van der Waals surface area contributed by atoms with Gasteiger partial charge in [-0.15, -0.1) is 11.3 Å². The van der Waals surface area contributed by atoms with E-state index in [0.717, 1.165) is 11.8 Å². The zero-order valence-electron chi connectivity index (χ0n) is 11.8. The minimum absolute atomic E-state index is 0.326. The van der Waals surface area contributed by atoms with Gasteiger partial charge in [0.15, 0.2) is 0 Å². The Hall–Kier alpha value is -0.340. The lowest BCUT2D eigenvalue weighted by Gasteiger charge is -2.46. The Bertz CT molecular complexity index is 412. The normalized spacial score (nSPS) is 36.0. The molecule has 1 aliphatic heterocycles. The number of nitrogens with one attached hydrogen (secondary N) is 1. The van der Waals surface area contributed by atoms with Crippen molar-refractivity contribution in [2.24, 2.45) is 11.8 Å². The number of rotatable bonds is 1. The molecule has 0 unspecified atom stereocenters. The van der Waals surface area contributed by atoms with Crippen LogP contribution in [0, 0.1) is 11.8 Å². The molecule has 0 aromatic carbocycles. The van der Waals surface area contributed by atoms with Gasteiger partial charge in [-0.3, -0.25) is 0 Å². The molecule has 1 aromatic heterocycles. The van der Waals surface area contributed by atoms with Crippen molar-refractivity contribution in [3.05, 3.63) is 21.9 Å². The summed E-state index contributed by atoms with van der Waals surface area (Å²) >= 11 is 1.98. The molecule has 1 saturated carbocycles. The summed E-state index contributed by atoms with van der Waals surface area (Å²) in [5.41, 5.74) is 1.95. The first-order valence-electron chi connectivity index (χ1n) is 7.45. The van der Waals surface area contributed by atoms with Crippen LogP contribution >= 0.6 is 11.3 Å². The van der Waals surface area contributed by atoms with Crippen LogP contribution < -0.4 is 5.32 Å². The maximum absolute atomic E-state index is 3.94. The van der Waals surface area contributed by atoms with Crippen LogP contribution in [-0.2, 0) is 12.0 Å². The highest BCUT2D eigenvalue weighted by Crippen LogP contribution is 2.47. The largest absolute Gasteiger partial charge is 0.304 e. The van der Waals surface area contributed by atoms with E-state index in [2.05, 4.69) is 37.5 Å². The van der Waals surface area contributed by atoms with E-state index in [1.807, 2.05) is 11.3 Å². The Balaban J connectivity index is 1.85. The van der Waals surface area contributed by atoms with Crippen molar-refractivity contribution in [2.75, 3.05) is 0 Å². The first-order chi connectivity index (χ1) is 8.61. The molecule has 1 nitrogen and oxygen atoms in total. The van der Waals surface area contributed by atoms with Gasteiger partial charge in [0.1, 0.15) is 0 Å². The van der Waals surface area contributed by atoms with Crippen molar-refractivity contribution in [1.29, 1.82) is 0 Å². The van der Waals surface area contributed by atoms with Gasteiger partial charge in [0.05, 0.1) is 5.54 Å². The third-order valence-electron chi connectivity index (χ3n) is 5.06. The molecule has 3 rings (SSSR count). The average Bonchev–Trinajstić information content (AvgIpc) is 2.78. The molecule has 1 fully saturated rings. The third-order valence-corrected chi connectivity index (χ3v) is 6.22. The topological polar surface area (TPSA) is 12.0 Å². The first kappa shape index (κ1) is 12.7. The minimum atomic E-state index is 0.326. The summed E-state index contributed by atoms with van der Waals surface area (Å²) in [4.78, 5) is 1.66. The highest BCUT2D eigenvalue weighted by atomic mass is 32.1. The molecule has 18 heavy (non-hydrogen) atoms. The van der Waals surface area contributed by atoms with Gasteiger partial charge < -0.3 is 5.32 Å². The van der Waals surface area contributed by atoms with Gasteiger partial charge >= 0.3 is 0 Å². The summed E-state index contributed by atoms with van der Waals surface area (Å²) < 4.78 is 0. The number of thiophene rings is 1. The molecule has 0 saturated heterocycles. The average molecular weight is 263 g/mol. The Morgan fingerprint density at radius 3 is 2.72 bits per heavy atom. The van der Waals surface area contributed by atoms with Crippen molar-refractivity contribution >= 4 is 11.3 Å². The zero-order valence-corrected chi connectivity index (χ0v) is 12.6. The summed E-state index contributed by atoms with van der Waals surface area (Å²) in [5.74, 6) is 1.80. The molecule has 0 radical (unpaired) electrons. The van der Waals surface area contributed by atoms with Crippen LogP contribution in [0.2, 0.25) is 0 Å². The molecule has 1 N–H and O–H groups in total. The molecule has 0 amide bonds. The fraction of sp³-hybridized carbons (Fsp3) is 0.750. The summed E-state index contributed by atoms with van der Waals surface area (Å²) in [7, 11) is 0. The van der Waals surface area contributed by atoms with E-state index in [0.29, 0.717) is 11.6 Å². The van der Waals surface area contributed by atoms with Crippen LogP contribution in [0.5, 0.6) is 0 Å². The van der Waals surface area contributed by atoms with Crippen LogP contribution in [0.1, 0.15) is 56.9 Å². The maximum Gasteiger partial charge on any atom is 0.0533 e. The molecule has 1 atom stereocenters. The van der Waals surface area contributed by atoms with Crippen LogP contribution in [-0.4, -0.2) is 6.04 Å². The molecule has 2 heteroatoms. The van der Waals surface area contributed by atoms with E-state index in [9.17, 15) is 0 Å². The molecule has 0 bridgehead atoms. The van der Waals surface area contributed by atoms with Gasteiger partial charge in [0.25, 0.3) is 0 Å². The first-order valence-corrected chi connectivity index (χ1v) is 8.33. The lowest BCUT2D eigenvalue weighted by Crippen LogP contribution is -2.52. The van der Waals surface area contributed by atoms with Crippen molar-refractivity contribution in [2.45, 2.75) is 64.5 Å². The molecular formula is C16H25NS. The van der Waals surface area contributed by atoms with Gasteiger partial charge in [0, 0.05) is 10.9 Å². The Kier molecular flexibility index (Phi) is 3.27. The maximum atomic E-state index is 3.94. The van der Waals surface area contributed by atoms with Crippen LogP contribution in [0.3, 0.4) is 0 Å². The number of hydrogen-bond donors (Lipinski definition) is 1. The molecule has 1 aromatic rings. The second kappa shape index (κ2) is 4.64. The lowest BCUT2D eigenvalue weighted by atomic mass is 9.70. The van der Waals surface area contributed by atoms with E-state index in [-0.39, 0.29) is 0 Å². The van der Waals surface area contributed by atoms with Gasteiger partial charge in [-0.05, 0) is 67.9 Å². The number of fused-ring (bicyclic) bond motifs is 2. The van der Waals surface area contributed by atoms with Crippen molar-refractivity contribution in [3.8, 4) is 0 Å². The van der Waals surface area contributed by atoms with E-state index in [1.54, 1.807) is 10.4 Å². The second-order valence-electron chi connectivity index (χ2n) is 6.69. The molecule has 100 valence electrons. The Morgan fingerprint density at radius 2 is 2.06 bits per heavy atom. The van der Waals surface area contributed by atoms with Gasteiger partial charge in [-0.25, -0.2) is 0 Å². The van der Waals surface area contributed by atoms with Crippen molar-refractivity contribution < 1.29 is 0 Å². The molecule has 2 heterocycles. The predicted octanol–water partition coefficient (Wildman–Crippen LogP) is 4.32.